The summed E-state index contributed by atoms with van der Waals surface area (Å²) in [5.41, 5.74) is -0.0854. The van der Waals surface area contributed by atoms with E-state index in [-0.39, 0.29) is 37.1 Å². The zero-order chi connectivity index (χ0) is 15.8. The lowest BCUT2D eigenvalue weighted by atomic mass is 9.83. The highest BCUT2D eigenvalue weighted by atomic mass is 32.2. The van der Waals surface area contributed by atoms with Gasteiger partial charge in [0.1, 0.15) is 6.61 Å². The summed E-state index contributed by atoms with van der Waals surface area (Å²) >= 11 is 0. The Bertz CT molecular complexity index is 726. The first-order valence-electron chi connectivity index (χ1n) is 7.01. The van der Waals surface area contributed by atoms with Crippen molar-refractivity contribution in [2.24, 2.45) is 11.3 Å². The molecule has 0 bridgehead atoms. The van der Waals surface area contributed by atoms with Crippen LogP contribution in [0.25, 0.3) is 0 Å². The zero-order valence-corrected chi connectivity index (χ0v) is 12.8. The van der Waals surface area contributed by atoms with E-state index in [1.165, 1.54) is 4.90 Å². The molecule has 22 heavy (non-hydrogen) atoms. The lowest BCUT2D eigenvalue weighted by Gasteiger charge is -2.19. The molecule has 0 saturated carbocycles. The number of carbonyl (C=O) groups excluding carboxylic acids is 1. The van der Waals surface area contributed by atoms with Crippen molar-refractivity contribution < 1.29 is 17.9 Å². The summed E-state index contributed by atoms with van der Waals surface area (Å²) in [5.74, 6) is -0.501. The summed E-state index contributed by atoms with van der Waals surface area (Å²) in [6.45, 7) is 0.556. The predicted octanol–water partition coefficient (Wildman–Crippen LogP) is 1.19. The van der Waals surface area contributed by atoms with E-state index in [4.69, 9.17) is 4.74 Å². The number of nitrogens with zero attached hydrogens (tertiary/aromatic N) is 2. The molecule has 0 aromatic heterocycles. The fourth-order valence-corrected chi connectivity index (χ4v) is 5.55. The van der Waals surface area contributed by atoms with Gasteiger partial charge in [-0.2, -0.15) is 5.26 Å². The van der Waals surface area contributed by atoms with Crippen LogP contribution in [0.5, 0.6) is 0 Å². The van der Waals surface area contributed by atoms with Crippen LogP contribution < -0.4 is 0 Å². The number of rotatable bonds is 2. The Labute approximate surface area is 129 Å². The van der Waals surface area contributed by atoms with Gasteiger partial charge in [-0.15, -0.1) is 0 Å². The van der Waals surface area contributed by atoms with Gasteiger partial charge in [-0.1, -0.05) is 30.3 Å². The van der Waals surface area contributed by atoms with Crippen molar-refractivity contribution in [3.63, 3.8) is 0 Å². The monoisotopic (exact) mass is 320 g/mol. The maximum absolute atomic E-state index is 12.1. The van der Waals surface area contributed by atoms with Crippen molar-refractivity contribution in [3.8, 4) is 6.07 Å². The third kappa shape index (κ3) is 2.66. The molecule has 7 heteroatoms. The number of fused-ring (bicyclic) bond motifs is 1. The van der Waals surface area contributed by atoms with E-state index < -0.39 is 21.3 Å². The van der Waals surface area contributed by atoms with Gasteiger partial charge in [0.25, 0.3) is 0 Å². The first-order valence-corrected chi connectivity index (χ1v) is 8.84. The summed E-state index contributed by atoms with van der Waals surface area (Å²) in [4.78, 5) is 13.6. The van der Waals surface area contributed by atoms with E-state index in [2.05, 4.69) is 6.07 Å². The van der Waals surface area contributed by atoms with Gasteiger partial charge in [0.2, 0.25) is 0 Å². The summed E-state index contributed by atoms with van der Waals surface area (Å²) < 4.78 is 28.7. The summed E-state index contributed by atoms with van der Waals surface area (Å²) in [7, 11) is -3.18. The van der Waals surface area contributed by atoms with Crippen LogP contribution in [-0.2, 0) is 21.2 Å². The number of amides is 1. The topological polar surface area (TPSA) is 87.5 Å². The molecule has 0 radical (unpaired) electrons. The van der Waals surface area contributed by atoms with Crippen LogP contribution in [0, 0.1) is 22.7 Å². The molecule has 0 spiro atoms. The van der Waals surface area contributed by atoms with Gasteiger partial charge in [0.15, 0.2) is 9.84 Å². The van der Waals surface area contributed by atoms with Gasteiger partial charge in [0, 0.05) is 19.0 Å². The standard InChI is InChI=1S/C15H16N2O4S/c16-9-15-10-17(6-13(15)8-22(19,20)11-15)14(18)21-7-12-4-2-1-3-5-12/h1-5,13H,6-8,10-11H2/t13-,15+/m1/s1. The fourth-order valence-electron chi connectivity index (χ4n) is 3.22. The summed E-state index contributed by atoms with van der Waals surface area (Å²) in [5, 5.41) is 9.37. The van der Waals surface area contributed by atoms with Gasteiger partial charge < -0.3 is 9.64 Å². The van der Waals surface area contributed by atoms with Crippen molar-refractivity contribution >= 4 is 15.9 Å². The molecular formula is C15H16N2O4S. The molecule has 2 saturated heterocycles. The molecule has 1 aromatic carbocycles. The Kier molecular flexibility index (Phi) is 3.57. The third-order valence-corrected chi connectivity index (χ3v) is 6.18. The number of likely N-dealkylation sites (tertiary alicyclic amines) is 1. The second-order valence-electron chi connectivity index (χ2n) is 5.94. The molecule has 2 heterocycles. The normalized spacial score (nSPS) is 28.9. The minimum Gasteiger partial charge on any atom is -0.445 e. The zero-order valence-electron chi connectivity index (χ0n) is 11.9. The van der Waals surface area contributed by atoms with E-state index in [0.29, 0.717) is 0 Å². The number of carbonyl (C=O) groups is 1. The van der Waals surface area contributed by atoms with Crippen molar-refractivity contribution in [1.29, 1.82) is 5.26 Å². The van der Waals surface area contributed by atoms with Crippen LogP contribution in [0.2, 0.25) is 0 Å². The second-order valence-corrected chi connectivity index (χ2v) is 8.05. The number of hydrogen-bond acceptors (Lipinski definition) is 5. The Balaban J connectivity index is 1.64. The Morgan fingerprint density at radius 3 is 2.77 bits per heavy atom. The van der Waals surface area contributed by atoms with E-state index >= 15 is 0 Å². The van der Waals surface area contributed by atoms with E-state index in [1.807, 2.05) is 30.3 Å². The Morgan fingerprint density at radius 1 is 1.41 bits per heavy atom. The predicted molar refractivity (Wildman–Crippen MR) is 78.4 cm³/mol. The minimum atomic E-state index is -3.18. The van der Waals surface area contributed by atoms with Crippen LogP contribution in [0.3, 0.4) is 0 Å². The molecule has 1 aromatic rings. The molecule has 1 amide bonds. The lowest BCUT2D eigenvalue weighted by Crippen LogP contribution is -2.34. The number of hydrogen-bond donors (Lipinski definition) is 0. The fraction of sp³-hybridized carbons (Fsp3) is 0.467. The number of ether oxygens (including phenoxy) is 1. The number of sulfone groups is 1. The van der Waals surface area contributed by atoms with E-state index in [9.17, 15) is 18.5 Å². The van der Waals surface area contributed by atoms with Crippen molar-refractivity contribution in [2.75, 3.05) is 24.6 Å². The first kappa shape index (κ1) is 14.9. The lowest BCUT2D eigenvalue weighted by molar-refractivity contribution is 0.102. The molecule has 116 valence electrons. The van der Waals surface area contributed by atoms with Crippen LogP contribution in [0.15, 0.2) is 30.3 Å². The number of benzene rings is 1. The highest BCUT2D eigenvalue weighted by molar-refractivity contribution is 7.91. The average molecular weight is 320 g/mol. The molecule has 0 aliphatic carbocycles. The molecular weight excluding hydrogens is 304 g/mol. The van der Waals surface area contributed by atoms with Crippen molar-refractivity contribution in [3.05, 3.63) is 35.9 Å². The molecule has 0 N–H and O–H groups in total. The average Bonchev–Trinajstić information content (AvgIpc) is 2.95. The first-order chi connectivity index (χ1) is 10.4. The van der Waals surface area contributed by atoms with Crippen LogP contribution in [-0.4, -0.2) is 44.0 Å². The molecule has 2 atom stereocenters. The highest BCUT2D eigenvalue weighted by Gasteiger charge is 2.57. The minimum absolute atomic E-state index is 0.0248. The van der Waals surface area contributed by atoms with E-state index in [1.54, 1.807) is 0 Å². The van der Waals surface area contributed by atoms with Crippen LogP contribution in [0.1, 0.15) is 5.56 Å². The smallest absolute Gasteiger partial charge is 0.410 e. The third-order valence-electron chi connectivity index (χ3n) is 4.31. The van der Waals surface area contributed by atoms with Crippen molar-refractivity contribution in [1.82, 2.24) is 4.90 Å². The molecule has 0 unspecified atom stereocenters. The van der Waals surface area contributed by atoms with Gasteiger partial charge in [-0.05, 0) is 5.56 Å². The largest absolute Gasteiger partial charge is 0.445 e. The maximum Gasteiger partial charge on any atom is 0.410 e. The number of nitriles is 1. The van der Waals surface area contributed by atoms with Gasteiger partial charge in [-0.25, -0.2) is 13.2 Å². The van der Waals surface area contributed by atoms with Gasteiger partial charge >= 0.3 is 6.09 Å². The molecule has 2 aliphatic heterocycles. The van der Waals surface area contributed by atoms with Crippen molar-refractivity contribution in [2.45, 2.75) is 6.61 Å². The molecule has 6 nitrogen and oxygen atoms in total. The van der Waals surface area contributed by atoms with Crippen LogP contribution >= 0.6 is 0 Å². The molecule has 3 rings (SSSR count). The van der Waals surface area contributed by atoms with Gasteiger partial charge in [0.05, 0.1) is 23.0 Å². The molecule has 2 aliphatic rings. The summed E-state index contributed by atoms with van der Waals surface area (Å²) in [6, 6.07) is 11.4. The van der Waals surface area contributed by atoms with Crippen LogP contribution in [0.4, 0.5) is 4.79 Å². The SMILES string of the molecule is N#C[C@@]12CN(C(=O)OCc3ccccc3)C[C@@H]1CS(=O)(=O)C2. The molecule has 2 fully saturated rings. The second kappa shape index (κ2) is 5.29. The summed E-state index contributed by atoms with van der Waals surface area (Å²) in [6.07, 6.45) is -0.495. The quantitative estimate of drug-likeness (QED) is 0.817. The Morgan fingerprint density at radius 2 is 2.14 bits per heavy atom. The van der Waals surface area contributed by atoms with Gasteiger partial charge in [-0.3, -0.25) is 0 Å². The maximum atomic E-state index is 12.1. The van der Waals surface area contributed by atoms with E-state index in [0.717, 1.165) is 5.56 Å². The highest BCUT2D eigenvalue weighted by Crippen LogP contribution is 2.43. The Hall–Kier alpha value is -2.07.